The predicted octanol–water partition coefficient (Wildman–Crippen LogP) is 4.12. The number of rotatable bonds is 3. The van der Waals surface area contributed by atoms with Crippen LogP contribution in [0.1, 0.15) is 39.5 Å². The van der Waals surface area contributed by atoms with Gasteiger partial charge in [-0.2, -0.15) is 0 Å². The summed E-state index contributed by atoms with van der Waals surface area (Å²) in [5, 5.41) is 3.66. The molecule has 2 unspecified atom stereocenters. The first-order valence-corrected chi connectivity index (χ1v) is 8.20. The molecule has 1 fully saturated rings. The van der Waals surface area contributed by atoms with Crippen LogP contribution in [0.15, 0.2) is 23.2 Å². The van der Waals surface area contributed by atoms with Crippen molar-refractivity contribution in [3.63, 3.8) is 0 Å². The van der Waals surface area contributed by atoms with Crippen molar-refractivity contribution in [2.24, 2.45) is 11.8 Å². The van der Waals surface area contributed by atoms with Crippen molar-refractivity contribution < 1.29 is 0 Å². The molecule has 20 heavy (non-hydrogen) atoms. The zero-order chi connectivity index (χ0) is 14.1. The Morgan fingerprint density at radius 3 is 2.95 bits per heavy atom. The minimum Gasteiger partial charge on any atom is -0.364 e. The molecule has 2 heterocycles. The van der Waals surface area contributed by atoms with E-state index in [0.717, 1.165) is 22.0 Å². The Morgan fingerprint density at radius 2 is 2.15 bits per heavy atom. The molecule has 1 aliphatic carbocycles. The van der Waals surface area contributed by atoms with Crippen LogP contribution in [0.25, 0.3) is 5.65 Å². The Bertz CT molecular complexity index is 593. The lowest BCUT2D eigenvalue weighted by Crippen LogP contribution is -2.35. The molecule has 1 saturated carbocycles. The van der Waals surface area contributed by atoms with E-state index in [1.165, 1.54) is 25.7 Å². The van der Waals surface area contributed by atoms with Gasteiger partial charge < -0.3 is 9.72 Å². The van der Waals surface area contributed by atoms with Crippen molar-refractivity contribution in [3.8, 4) is 0 Å². The van der Waals surface area contributed by atoms with Crippen LogP contribution >= 0.6 is 15.9 Å². The van der Waals surface area contributed by atoms with Crippen molar-refractivity contribution >= 4 is 27.4 Å². The zero-order valence-electron chi connectivity index (χ0n) is 12.0. The molecule has 0 spiro atoms. The van der Waals surface area contributed by atoms with Gasteiger partial charge in [-0.3, -0.25) is 0 Å². The van der Waals surface area contributed by atoms with Gasteiger partial charge in [-0.15, -0.1) is 0 Å². The highest BCUT2D eigenvalue weighted by Gasteiger charge is 2.28. The van der Waals surface area contributed by atoms with E-state index in [1.54, 1.807) is 0 Å². The number of nitrogens with one attached hydrogen (secondary N) is 1. The summed E-state index contributed by atoms with van der Waals surface area (Å²) in [5.74, 6) is 2.32. The fourth-order valence-electron chi connectivity index (χ4n) is 3.31. The van der Waals surface area contributed by atoms with Crippen LogP contribution in [0.4, 0.5) is 5.82 Å². The van der Waals surface area contributed by atoms with Gasteiger partial charge in [-0.05, 0) is 40.6 Å². The monoisotopic (exact) mass is 336 g/mol. The van der Waals surface area contributed by atoms with Gasteiger partial charge in [0.2, 0.25) is 0 Å². The summed E-state index contributed by atoms with van der Waals surface area (Å²) in [5.41, 5.74) is 0.904. The van der Waals surface area contributed by atoms with Crippen molar-refractivity contribution in [2.45, 2.75) is 45.6 Å². The highest BCUT2D eigenvalue weighted by atomic mass is 79.9. The van der Waals surface area contributed by atoms with E-state index in [9.17, 15) is 0 Å². The van der Waals surface area contributed by atoms with E-state index in [4.69, 9.17) is 0 Å². The zero-order valence-corrected chi connectivity index (χ0v) is 13.6. The standard InChI is InChI=1S/C15H21BrN4/c1-10(2)11-5-3-4-6-12(11)18-14-15-17-7-8-20(15)9-13(16)19-14/h7-12H,3-6H2,1-2H3,(H,18,19). The molecule has 3 rings (SSSR count). The van der Waals surface area contributed by atoms with Gasteiger partial charge in [0.1, 0.15) is 4.60 Å². The Morgan fingerprint density at radius 1 is 1.35 bits per heavy atom. The SMILES string of the molecule is CC(C)C1CCCCC1Nc1nc(Br)cn2ccnc12. The normalized spacial score (nSPS) is 23.4. The van der Waals surface area contributed by atoms with E-state index in [-0.39, 0.29) is 0 Å². The number of hydrogen-bond donors (Lipinski definition) is 1. The quantitative estimate of drug-likeness (QED) is 0.916. The Labute approximate surface area is 128 Å². The summed E-state index contributed by atoms with van der Waals surface area (Å²) in [7, 11) is 0. The maximum atomic E-state index is 4.58. The largest absolute Gasteiger partial charge is 0.364 e. The minimum absolute atomic E-state index is 0.506. The molecule has 0 saturated heterocycles. The first-order chi connectivity index (χ1) is 9.65. The van der Waals surface area contributed by atoms with Gasteiger partial charge in [-0.25, -0.2) is 9.97 Å². The van der Waals surface area contributed by atoms with E-state index in [2.05, 4.69) is 45.1 Å². The molecule has 0 radical (unpaired) electrons. The molecule has 2 aromatic rings. The molecular formula is C15H21BrN4. The molecular weight excluding hydrogens is 316 g/mol. The topological polar surface area (TPSA) is 42.2 Å². The second-order valence-corrected chi connectivity index (χ2v) is 6.83. The molecule has 1 aliphatic rings. The first kappa shape index (κ1) is 13.9. The first-order valence-electron chi connectivity index (χ1n) is 7.41. The second kappa shape index (κ2) is 5.72. The molecule has 0 aliphatic heterocycles. The maximum absolute atomic E-state index is 4.58. The molecule has 108 valence electrons. The lowest BCUT2D eigenvalue weighted by atomic mass is 9.78. The summed E-state index contributed by atoms with van der Waals surface area (Å²) < 4.78 is 2.84. The molecule has 0 bridgehead atoms. The number of fused-ring (bicyclic) bond motifs is 1. The minimum atomic E-state index is 0.506. The van der Waals surface area contributed by atoms with Crippen LogP contribution in [0.5, 0.6) is 0 Å². The smallest absolute Gasteiger partial charge is 0.180 e. The highest BCUT2D eigenvalue weighted by Crippen LogP contribution is 2.32. The lowest BCUT2D eigenvalue weighted by molar-refractivity contribution is 0.253. The van der Waals surface area contributed by atoms with Crippen LogP contribution in [-0.4, -0.2) is 20.4 Å². The third-order valence-electron chi connectivity index (χ3n) is 4.34. The van der Waals surface area contributed by atoms with Crippen molar-refractivity contribution in [1.29, 1.82) is 0 Å². The number of aromatic nitrogens is 3. The van der Waals surface area contributed by atoms with Gasteiger partial charge in [-0.1, -0.05) is 26.7 Å². The number of imidazole rings is 1. The fraction of sp³-hybridized carbons (Fsp3) is 0.600. The third kappa shape index (κ3) is 2.68. The van der Waals surface area contributed by atoms with E-state index in [0.29, 0.717) is 12.0 Å². The lowest BCUT2D eigenvalue weighted by Gasteiger charge is -2.35. The average Bonchev–Trinajstić information content (AvgIpc) is 2.87. The van der Waals surface area contributed by atoms with Gasteiger partial charge in [0, 0.05) is 24.6 Å². The van der Waals surface area contributed by atoms with Gasteiger partial charge >= 0.3 is 0 Å². The maximum Gasteiger partial charge on any atom is 0.180 e. The summed E-state index contributed by atoms with van der Waals surface area (Å²) in [4.78, 5) is 9.00. The van der Waals surface area contributed by atoms with Crippen LogP contribution in [0.3, 0.4) is 0 Å². The number of hydrogen-bond acceptors (Lipinski definition) is 3. The van der Waals surface area contributed by atoms with E-state index in [1.807, 2.05) is 23.0 Å². The van der Waals surface area contributed by atoms with Crippen molar-refractivity contribution in [2.75, 3.05) is 5.32 Å². The summed E-state index contributed by atoms with van der Waals surface area (Å²) in [6.45, 7) is 4.65. The van der Waals surface area contributed by atoms with Gasteiger partial charge in [0.25, 0.3) is 0 Å². The summed E-state index contributed by atoms with van der Waals surface area (Å²) in [6, 6.07) is 0.506. The van der Waals surface area contributed by atoms with Crippen molar-refractivity contribution in [3.05, 3.63) is 23.2 Å². The summed E-state index contributed by atoms with van der Waals surface area (Å²) in [6.07, 6.45) is 10.9. The second-order valence-electron chi connectivity index (χ2n) is 6.01. The molecule has 5 heteroatoms. The highest BCUT2D eigenvalue weighted by molar-refractivity contribution is 9.10. The summed E-state index contributed by atoms with van der Waals surface area (Å²) >= 11 is 3.48. The van der Waals surface area contributed by atoms with E-state index >= 15 is 0 Å². The number of halogens is 1. The van der Waals surface area contributed by atoms with Crippen LogP contribution in [-0.2, 0) is 0 Å². The van der Waals surface area contributed by atoms with Gasteiger partial charge in [0.05, 0.1) is 0 Å². The van der Waals surface area contributed by atoms with Crippen molar-refractivity contribution in [1.82, 2.24) is 14.4 Å². The molecule has 0 aromatic carbocycles. The predicted molar refractivity (Wildman–Crippen MR) is 84.9 cm³/mol. The Kier molecular flexibility index (Phi) is 3.96. The molecule has 2 aromatic heterocycles. The molecule has 0 amide bonds. The fourth-order valence-corrected chi connectivity index (χ4v) is 3.71. The van der Waals surface area contributed by atoms with Crippen LogP contribution < -0.4 is 5.32 Å². The Balaban J connectivity index is 1.89. The van der Waals surface area contributed by atoms with Gasteiger partial charge in [0.15, 0.2) is 11.5 Å². The third-order valence-corrected chi connectivity index (χ3v) is 4.72. The molecule has 4 nitrogen and oxygen atoms in total. The molecule has 2 atom stereocenters. The van der Waals surface area contributed by atoms with Crippen LogP contribution in [0.2, 0.25) is 0 Å². The van der Waals surface area contributed by atoms with Crippen LogP contribution in [0, 0.1) is 11.8 Å². The Hall–Kier alpha value is -1.10. The average molecular weight is 337 g/mol. The van der Waals surface area contributed by atoms with E-state index < -0.39 is 0 Å². The number of nitrogens with zero attached hydrogens (tertiary/aromatic N) is 3. The number of anilines is 1. The molecule has 1 N–H and O–H groups in total.